The van der Waals surface area contributed by atoms with Gasteiger partial charge < -0.3 is 37.2 Å². The summed E-state index contributed by atoms with van der Waals surface area (Å²) in [6.07, 6.45) is 0.487. The fraction of sp³-hybridized carbons (Fsp3) is 0.450. The Balaban J connectivity index is 2.06. The molecule has 4 amide bonds. The number of primary amides is 1. The van der Waals surface area contributed by atoms with E-state index in [1.165, 1.54) is 17.0 Å². The zero-order valence-electron chi connectivity index (χ0n) is 17.3. The number of nitrogens with zero attached hydrogens (tertiary/aromatic N) is 1. The number of hydrogen-bond donors (Lipinski definition) is 6. The summed E-state index contributed by atoms with van der Waals surface area (Å²) >= 11 is 0. The van der Waals surface area contributed by atoms with E-state index in [9.17, 15) is 34.2 Å². The molecule has 12 nitrogen and oxygen atoms in total. The van der Waals surface area contributed by atoms with Gasteiger partial charge in [0, 0.05) is 13.0 Å². The van der Waals surface area contributed by atoms with Crippen molar-refractivity contribution in [1.29, 1.82) is 0 Å². The van der Waals surface area contributed by atoms with Crippen molar-refractivity contribution in [3.63, 3.8) is 0 Å². The van der Waals surface area contributed by atoms with Crippen LogP contribution in [-0.2, 0) is 30.4 Å². The SMILES string of the molecule is NC(=O)CC(N)C(=O)NC(Cc1ccc(O)cc1)C(=O)NCC(=O)N1CCCC1C(=O)O. The minimum absolute atomic E-state index is 0.0107. The van der Waals surface area contributed by atoms with Gasteiger partial charge in [0.15, 0.2) is 0 Å². The quantitative estimate of drug-likeness (QED) is 0.231. The van der Waals surface area contributed by atoms with Crippen LogP contribution >= 0.6 is 0 Å². The van der Waals surface area contributed by atoms with E-state index >= 15 is 0 Å². The van der Waals surface area contributed by atoms with Crippen molar-refractivity contribution < 1.29 is 34.2 Å². The highest BCUT2D eigenvalue weighted by atomic mass is 16.4. The summed E-state index contributed by atoms with van der Waals surface area (Å²) in [7, 11) is 0. The Morgan fingerprint density at radius 2 is 1.78 bits per heavy atom. The van der Waals surface area contributed by atoms with E-state index in [-0.39, 0.29) is 18.7 Å². The van der Waals surface area contributed by atoms with E-state index in [2.05, 4.69) is 10.6 Å². The molecule has 2 rings (SSSR count). The third kappa shape index (κ3) is 6.94. The number of phenolic OH excluding ortho intramolecular Hbond substituents is 1. The van der Waals surface area contributed by atoms with Gasteiger partial charge in [-0.05, 0) is 30.5 Å². The smallest absolute Gasteiger partial charge is 0.326 e. The average molecular weight is 449 g/mol. The number of nitrogens with one attached hydrogen (secondary N) is 2. The van der Waals surface area contributed by atoms with Crippen LogP contribution in [0.25, 0.3) is 0 Å². The number of aliphatic carboxylic acids is 1. The van der Waals surface area contributed by atoms with Gasteiger partial charge in [-0.3, -0.25) is 19.2 Å². The fourth-order valence-corrected chi connectivity index (χ4v) is 3.37. The lowest BCUT2D eigenvalue weighted by molar-refractivity contribution is -0.148. The van der Waals surface area contributed by atoms with Crippen LogP contribution in [-0.4, -0.2) is 75.9 Å². The standard InChI is InChI=1S/C20H27N5O7/c21-13(9-16(22)27)18(29)24-14(8-11-3-5-12(26)6-4-11)19(30)23-10-17(28)25-7-1-2-15(25)20(31)32/h3-6,13-15,26H,1-2,7-10,21H2,(H2,22,27)(H,23,30)(H,24,29)(H,31,32). The summed E-state index contributed by atoms with van der Waals surface area (Å²) in [4.78, 5) is 60.9. The van der Waals surface area contributed by atoms with Gasteiger partial charge in [-0.25, -0.2) is 4.79 Å². The molecule has 0 aromatic heterocycles. The first-order valence-electron chi connectivity index (χ1n) is 10.0. The van der Waals surface area contributed by atoms with Gasteiger partial charge in [-0.1, -0.05) is 12.1 Å². The molecule has 1 aromatic carbocycles. The number of nitrogens with two attached hydrogens (primary N) is 2. The predicted octanol–water partition coefficient (Wildman–Crippen LogP) is -2.19. The zero-order valence-corrected chi connectivity index (χ0v) is 17.3. The van der Waals surface area contributed by atoms with E-state index in [1.807, 2.05) is 0 Å². The number of likely N-dealkylation sites (tertiary alicyclic amines) is 1. The first-order chi connectivity index (χ1) is 15.1. The number of hydrogen-bond acceptors (Lipinski definition) is 7. The van der Waals surface area contributed by atoms with E-state index in [4.69, 9.17) is 11.5 Å². The number of aromatic hydroxyl groups is 1. The molecule has 32 heavy (non-hydrogen) atoms. The van der Waals surface area contributed by atoms with E-state index < -0.39 is 60.7 Å². The second-order valence-corrected chi connectivity index (χ2v) is 7.51. The lowest BCUT2D eigenvalue weighted by atomic mass is 10.0. The Hall–Kier alpha value is -3.67. The number of carboxylic acid groups (broad SMARTS) is 1. The lowest BCUT2D eigenvalue weighted by Crippen LogP contribution is -2.54. The molecular weight excluding hydrogens is 422 g/mol. The first-order valence-corrected chi connectivity index (χ1v) is 10.0. The molecule has 1 fully saturated rings. The largest absolute Gasteiger partial charge is 0.508 e. The number of benzene rings is 1. The molecule has 3 atom stereocenters. The molecule has 3 unspecified atom stereocenters. The number of carboxylic acids is 1. The lowest BCUT2D eigenvalue weighted by Gasteiger charge is -2.23. The topological polar surface area (TPSA) is 205 Å². The van der Waals surface area contributed by atoms with E-state index in [0.717, 1.165) is 0 Å². The van der Waals surface area contributed by atoms with Crippen LogP contribution in [0.5, 0.6) is 5.75 Å². The van der Waals surface area contributed by atoms with Gasteiger partial charge in [-0.2, -0.15) is 0 Å². The Morgan fingerprint density at radius 3 is 2.38 bits per heavy atom. The predicted molar refractivity (Wildman–Crippen MR) is 111 cm³/mol. The van der Waals surface area contributed by atoms with E-state index in [0.29, 0.717) is 18.4 Å². The molecule has 12 heteroatoms. The molecule has 0 radical (unpaired) electrons. The molecule has 1 heterocycles. The van der Waals surface area contributed by atoms with Crippen LogP contribution in [0.2, 0.25) is 0 Å². The maximum Gasteiger partial charge on any atom is 0.326 e. The third-order valence-electron chi connectivity index (χ3n) is 5.04. The van der Waals surface area contributed by atoms with Crippen molar-refractivity contribution in [2.45, 2.75) is 43.8 Å². The molecule has 1 saturated heterocycles. The maximum absolute atomic E-state index is 12.7. The zero-order chi connectivity index (χ0) is 23.8. The molecule has 1 aliphatic rings. The summed E-state index contributed by atoms with van der Waals surface area (Å²) in [5.41, 5.74) is 11.3. The van der Waals surface area contributed by atoms with Gasteiger partial charge in [0.1, 0.15) is 17.8 Å². The molecule has 0 bridgehead atoms. The first kappa shape index (κ1) is 24.6. The van der Waals surface area contributed by atoms with Gasteiger partial charge in [0.05, 0.1) is 19.0 Å². The number of phenols is 1. The van der Waals surface area contributed by atoms with Crippen molar-refractivity contribution in [2.75, 3.05) is 13.1 Å². The van der Waals surface area contributed by atoms with Crippen molar-refractivity contribution in [1.82, 2.24) is 15.5 Å². The number of rotatable bonds is 10. The molecule has 0 spiro atoms. The van der Waals surface area contributed by atoms with E-state index in [1.54, 1.807) is 12.1 Å². The second kappa shape index (κ2) is 11.1. The van der Waals surface area contributed by atoms with Crippen LogP contribution in [0.4, 0.5) is 0 Å². The summed E-state index contributed by atoms with van der Waals surface area (Å²) in [5.74, 6) is -3.90. The Bertz CT molecular complexity index is 874. The Labute approximate surface area is 183 Å². The van der Waals surface area contributed by atoms with Crippen LogP contribution in [0.1, 0.15) is 24.8 Å². The summed E-state index contributed by atoms with van der Waals surface area (Å²) < 4.78 is 0. The van der Waals surface area contributed by atoms with Crippen molar-refractivity contribution in [3.8, 4) is 5.75 Å². The highest BCUT2D eigenvalue weighted by molar-refractivity contribution is 5.94. The molecule has 0 saturated carbocycles. The van der Waals surface area contributed by atoms with Gasteiger partial charge in [0.2, 0.25) is 23.6 Å². The minimum atomic E-state index is -1.26. The van der Waals surface area contributed by atoms with Crippen LogP contribution in [0.15, 0.2) is 24.3 Å². The normalized spacial score (nSPS) is 17.3. The monoisotopic (exact) mass is 449 g/mol. The van der Waals surface area contributed by atoms with Crippen molar-refractivity contribution >= 4 is 29.6 Å². The molecular formula is C20H27N5O7. The highest BCUT2D eigenvalue weighted by Crippen LogP contribution is 2.17. The van der Waals surface area contributed by atoms with Gasteiger partial charge in [-0.15, -0.1) is 0 Å². The third-order valence-corrected chi connectivity index (χ3v) is 5.04. The fourth-order valence-electron chi connectivity index (χ4n) is 3.37. The number of carbonyl (C=O) groups excluding carboxylic acids is 4. The van der Waals surface area contributed by atoms with Crippen LogP contribution < -0.4 is 22.1 Å². The molecule has 0 aliphatic carbocycles. The highest BCUT2D eigenvalue weighted by Gasteiger charge is 2.34. The number of amides is 4. The molecule has 1 aromatic rings. The summed E-state index contributed by atoms with van der Waals surface area (Å²) in [6.45, 7) is -0.167. The summed E-state index contributed by atoms with van der Waals surface area (Å²) in [5, 5.41) is 23.5. The van der Waals surface area contributed by atoms with Crippen molar-refractivity contribution in [2.24, 2.45) is 11.5 Å². The summed E-state index contributed by atoms with van der Waals surface area (Å²) in [6, 6.07) is 2.59. The van der Waals surface area contributed by atoms with Gasteiger partial charge in [0.25, 0.3) is 0 Å². The minimum Gasteiger partial charge on any atom is -0.508 e. The molecule has 1 aliphatic heterocycles. The van der Waals surface area contributed by atoms with Gasteiger partial charge >= 0.3 is 5.97 Å². The van der Waals surface area contributed by atoms with Crippen LogP contribution in [0.3, 0.4) is 0 Å². The average Bonchev–Trinajstić information content (AvgIpc) is 3.22. The van der Waals surface area contributed by atoms with Crippen LogP contribution in [0, 0.1) is 0 Å². The molecule has 8 N–H and O–H groups in total. The van der Waals surface area contributed by atoms with Crippen molar-refractivity contribution in [3.05, 3.63) is 29.8 Å². The second-order valence-electron chi connectivity index (χ2n) is 7.51. The maximum atomic E-state index is 12.7. The number of carbonyl (C=O) groups is 5. The Morgan fingerprint density at radius 1 is 1.12 bits per heavy atom. The molecule has 174 valence electrons. The Kier molecular flexibility index (Phi) is 8.53.